The molecule has 0 saturated carbocycles. The molecule has 2 heterocycles. The van der Waals surface area contributed by atoms with E-state index in [1.807, 2.05) is 5.38 Å². The van der Waals surface area contributed by atoms with Gasteiger partial charge in [0, 0.05) is 30.7 Å². The Kier molecular flexibility index (Phi) is 3.61. The van der Waals surface area contributed by atoms with Gasteiger partial charge in [-0.2, -0.15) is 0 Å². The molecule has 7 heteroatoms. The molecule has 0 aliphatic rings. The van der Waals surface area contributed by atoms with Crippen molar-refractivity contribution >= 4 is 22.7 Å². The third kappa shape index (κ3) is 2.97. The molecular formula is C10H10N4O2S. The van der Waals surface area contributed by atoms with Crippen LogP contribution < -0.4 is 5.32 Å². The van der Waals surface area contributed by atoms with Crippen LogP contribution in [0.4, 0.5) is 11.4 Å². The summed E-state index contributed by atoms with van der Waals surface area (Å²) in [6.07, 6.45) is 5.26. The van der Waals surface area contributed by atoms with Gasteiger partial charge in [-0.25, -0.2) is 4.98 Å². The smallest absolute Gasteiger partial charge is 0.310 e. The molecule has 0 bridgehead atoms. The minimum atomic E-state index is -0.446. The van der Waals surface area contributed by atoms with E-state index in [4.69, 9.17) is 0 Å². The van der Waals surface area contributed by atoms with E-state index in [1.165, 1.54) is 12.4 Å². The summed E-state index contributed by atoms with van der Waals surface area (Å²) in [6.45, 7) is 0.609. The van der Waals surface area contributed by atoms with E-state index < -0.39 is 4.92 Å². The van der Waals surface area contributed by atoms with Crippen molar-refractivity contribution in [2.75, 3.05) is 11.9 Å². The Balaban J connectivity index is 1.97. The summed E-state index contributed by atoms with van der Waals surface area (Å²) in [5, 5.41) is 16.7. The number of nitrogens with one attached hydrogen (secondary N) is 1. The summed E-state index contributed by atoms with van der Waals surface area (Å²) in [5.41, 5.74) is 0.480. The molecule has 0 aliphatic carbocycles. The van der Waals surface area contributed by atoms with Crippen molar-refractivity contribution in [3.63, 3.8) is 0 Å². The highest BCUT2D eigenvalue weighted by molar-refractivity contribution is 7.09. The first-order chi connectivity index (χ1) is 8.27. The van der Waals surface area contributed by atoms with Crippen molar-refractivity contribution in [3.05, 3.63) is 45.2 Å². The SMILES string of the molecule is O=[N+]([O-])c1cnccc1NCCc1nccs1. The van der Waals surface area contributed by atoms with Gasteiger partial charge in [-0.15, -0.1) is 11.3 Å². The second-order valence-corrected chi connectivity index (χ2v) is 4.23. The number of pyridine rings is 1. The topological polar surface area (TPSA) is 81.0 Å². The monoisotopic (exact) mass is 250 g/mol. The van der Waals surface area contributed by atoms with E-state index in [0.717, 1.165) is 11.4 Å². The summed E-state index contributed by atoms with van der Waals surface area (Å²) < 4.78 is 0. The van der Waals surface area contributed by atoms with Crippen molar-refractivity contribution in [3.8, 4) is 0 Å². The van der Waals surface area contributed by atoms with Gasteiger partial charge in [-0.1, -0.05) is 0 Å². The molecule has 88 valence electrons. The van der Waals surface area contributed by atoms with Crippen molar-refractivity contribution < 1.29 is 4.92 Å². The number of nitrogens with zero attached hydrogens (tertiary/aromatic N) is 3. The molecule has 6 nitrogen and oxygen atoms in total. The first-order valence-electron chi connectivity index (χ1n) is 4.98. The molecule has 0 fully saturated rings. The lowest BCUT2D eigenvalue weighted by molar-refractivity contribution is -0.384. The van der Waals surface area contributed by atoms with Gasteiger partial charge >= 0.3 is 5.69 Å². The Bertz CT molecular complexity index is 501. The minimum absolute atomic E-state index is 0.00774. The van der Waals surface area contributed by atoms with Crippen molar-refractivity contribution in [2.24, 2.45) is 0 Å². The highest BCUT2D eigenvalue weighted by Crippen LogP contribution is 2.21. The van der Waals surface area contributed by atoms with Crippen LogP contribution in [0.3, 0.4) is 0 Å². The zero-order chi connectivity index (χ0) is 12.1. The van der Waals surface area contributed by atoms with Gasteiger partial charge in [0.15, 0.2) is 0 Å². The average molecular weight is 250 g/mol. The van der Waals surface area contributed by atoms with Crippen LogP contribution in [0.15, 0.2) is 30.0 Å². The van der Waals surface area contributed by atoms with Gasteiger partial charge in [0.1, 0.15) is 11.9 Å². The molecule has 0 spiro atoms. The largest absolute Gasteiger partial charge is 0.379 e. The number of anilines is 1. The second kappa shape index (κ2) is 5.35. The Labute approximate surface area is 102 Å². The number of hydrogen-bond donors (Lipinski definition) is 1. The van der Waals surface area contributed by atoms with E-state index in [9.17, 15) is 10.1 Å². The number of thiazole rings is 1. The minimum Gasteiger partial charge on any atom is -0.379 e. The summed E-state index contributed by atoms with van der Waals surface area (Å²) in [4.78, 5) is 18.2. The first-order valence-corrected chi connectivity index (χ1v) is 5.86. The van der Waals surface area contributed by atoms with E-state index in [-0.39, 0.29) is 5.69 Å². The van der Waals surface area contributed by atoms with E-state index >= 15 is 0 Å². The maximum absolute atomic E-state index is 10.7. The molecule has 0 atom stereocenters. The third-order valence-electron chi connectivity index (χ3n) is 2.13. The summed E-state index contributed by atoms with van der Waals surface area (Å²) >= 11 is 1.57. The van der Waals surface area contributed by atoms with Crippen LogP contribution in [0.25, 0.3) is 0 Å². The Morgan fingerprint density at radius 3 is 3.06 bits per heavy atom. The van der Waals surface area contributed by atoms with E-state index in [1.54, 1.807) is 23.6 Å². The van der Waals surface area contributed by atoms with Gasteiger partial charge in [0.2, 0.25) is 0 Å². The average Bonchev–Trinajstić information content (AvgIpc) is 2.82. The fourth-order valence-electron chi connectivity index (χ4n) is 1.36. The molecule has 0 aliphatic heterocycles. The van der Waals surface area contributed by atoms with Gasteiger partial charge < -0.3 is 5.32 Å². The zero-order valence-electron chi connectivity index (χ0n) is 8.87. The molecule has 0 aromatic carbocycles. The molecule has 2 rings (SSSR count). The lowest BCUT2D eigenvalue weighted by Crippen LogP contribution is -2.06. The van der Waals surface area contributed by atoms with Gasteiger partial charge in [0.25, 0.3) is 0 Å². The lowest BCUT2D eigenvalue weighted by Gasteiger charge is -2.04. The molecule has 0 amide bonds. The number of aromatic nitrogens is 2. The van der Waals surface area contributed by atoms with Crippen LogP contribution in [0.2, 0.25) is 0 Å². The number of nitro groups is 1. The van der Waals surface area contributed by atoms with Crippen molar-refractivity contribution in [2.45, 2.75) is 6.42 Å². The van der Waals surface area contributed by atoms with Gasteiger partial charge in [-0.05, 0) is 6.07 Å². The molecule has 2 aromatic rings. The van der Waals surface area contributed by atoms with Crippen LogP contribution in [-0.4, -0.2) is 21.4 Å². The maximum Gasteiger partial charge on any atom is 0.310 e. The second-order valence-electron chi connectivity index (χ2n) is 3.25. The highest BCUT2D eigenvalue weighted by atomic mass is 32.1. The molecular weight excluding hydrogens is 240 g/mol. The predicted molar refractivity (Wildman–Crippen MR) is 65.2 cm³/mol. The fourth-order valence-corrected chi connectivity index (χ4v) is 1.98. The van der Waals surface area contributed by atoms with Crippen LogP contribution in [0.1, 0.15) is 5.01 Å². The Morgan fingerprint density at radius 2 is 2.35 bits per heavy atom. The Morgan fingerprint density at radius 1 is 1.47 bits per heavy atom. The molecule has 2 aromatic heterocycles. The third-order valence-corrected chi connectivity index (χ3v) is 2.97. The first kappa shape index (κ1) is 11.5. The van der Waals surface area contributed by atoms with E-state index in [0.29, 0.717) is 12.2 Å². The van der Waals surface area contributed by atoms with Crippen LogP contribution in [0, 0.1) is 10.1 Å². The zero-order valence-corrected chi connectivity index (χ0v) is 9.68. The normalized spacial score (nSPS) is 10.1. The van der Waals surface area contributed by atoms with Crippen LogP contribution in [-0.2, 0) is 6.42 Å². The van der Waals surface area contributed by atoms with Gasteiger partial charge in [-0.3, -0.25) is 15.1 Å². The quantitative estimate of drug-likeness (QED) is 0.649. The summed E-state index contributed by atoms with van der Waals surface area (Å²) in [6, 6.07) is 1.60. The fraction of sp³-hybridized carbons (Fsp3) is 0.200. The summed E-state index contributed by atoms with van der Waals surface area (Å²) in [5.74, 6) is 0. The molecule has 1 N–H and O–H groups in total. The number of rotatable bonds is 5. The molecule has 17 heavy (non-hydrogen) atoms. The van der Waals surface area contributed by atoms with Gasteiger partial charge in [0.05, 0.1) is 9.93 Å². The number of hydrogen-bond acceptors (Lipinski definition) is 6. The standard InChI is InChI=1S/C10H10N4O2S/c15-14(16)9-7-11-3-1-8(9)12-4-2-10-13-5-6-17-10/h1,3,5-7H,2,4H2,(H,11,12). The lowest BCUT2D eigenvalue weighted by atomic mass is 10.3. The molecule has 0 unspecified atom stereocenters. The van der Waals surface area contributed by atoms with Crippen molar-refractivity contribution in [1.82, 2.24) is 9.97 Å². The summed E-state index contributed by atoms with van der Waals surface area (Å²) in [7, 11) is 0. The maximum atomic E-state index is 10.7. The van der Waals surface area contributed by atoms with Crippen LogP contribution >= 0.6 is 11.3 Å². The highest BCUT2D eigenvalue weighted by Gasteiger charge is 2.12. The van der Waals surface area contributed by atoms with Crippen molar-refractivity contribution in [1.29, 1.82) is 0 Å². The predicted octanol–water partition coefficient (Wildman–Crippen LogP) is 2.10. The Hall–Kier alpha value is -2.02. The molecule has 0 radical (unpaired) electrons. The van der Waals surface area contributed by atoms with E-state index in [2.05, 4.69) is 15.3 Å². The van der Waals surface area contributed by atoms with Crippen LogP contribution in [0.5, 0.6) is 0 Å². The molecule has 0 saturated heterocycles.